The second-order valence-corrected chi connectivity index (χ2v) is 3.13. The van der Waals surface area contributed by atoms with Crippen LogP contribution in [0.4, 0.5) is 0 Å². The first-order valence-corrected chi connectivity index (χ1v) is 3.94. The summed E-state index contributed by atoms with van der Waals surface area (Å²) >= 11 is 15.4. The van der Waals surface area contributed by atoms with E-state index in [1.807, 2.05) is 6.07 Å². The summed E-state index contributed by atoms with van der Waals surface area (Å²) in [4.78, 5) is 0.563. The van der Waals surface area contributed by atoms with E-state index in [1.54, 1.807) is 12.1 Å². The lowest BCUT2D eigenvalue weighted by atomic mass is 10.2. The maximum atomic E-state index is 8.57. The van der Waals surface area contributed by atoms with Crippen LogP contribution in [-0.2, 0) is 0 Å². The molecule has 1 aromatic rings. The Kier molecular flexibility index (Phi) is 2.67. The molecule has 0 aliphatic heterocycles. The highest BCUT2D eigenvalue weighted by atomic mass is 35.5. The first kappa shape index (κ1) is 8.73. The van der Waals surface area contributed by atoms with Crippen LogP contribution in [0, 0.1) is 11.3 Å². The molecular formula is C7H3Cl2NS. The topological polar surface area (TPSA) is 23.8 Å². The normalized spacial score (nSPS) is 9.27. The number of nitrogens with zero attached hydrogens (tertiary/aromatic N) is 1. The fraction of sp³-hybridized carbons (Fsp3) is 0. The summed E-state index contributed by atoms with van der Waals surface area (Å²) in [6.07, 6.45) is 0. The third kappa shape index (κ3) is 1.62. The number of hydrogen-bond donors (Lipinski definition) is 1. The molecule has 0 aromatic heterocycles. The molecule has 0 aliphatic carbocycles. The minimum Gasteiger partial charge on any atom is -0.192 e. The van der Waals surface area contributed by atoms with Crippen molar-refractivity contribution in [2.45, 2.75) is 4.90 Å². The Labute approximate surface area is 80.0 Å². The van der Waals surface area contributed by atoms with E-state index >= 15 is 0 Å². The minimum atomic E-state index is 0.279. The predicted octanol–water partition coefficient (Wildman–Crippen LogP) is 3.15. The Morgan fingerprint density at radius 2 is 2.00 bits per heavy atom. The molecule has 0 unspecified atom stereocenters. The highest BCUT2D eigenvalue weighted by Crippen LogP contribution is 2.29. The maximum absolute atomic E-state index is 8.57. The molecule has 1 rings (SSSR count). The van der Waals surface area contributed by atoms with Crippen LogP contribution in [-0.4, -0.2) is 0 Å². The lowest BCUT2D eigenvalue weighted by molar-refractivity contribution is 1.41. The SMILES string of the molecule is N#Cc1c(Cl)ccc(S)c1Cl. The van der Waals surface area contributed by atoms with Crippen LogP contribution < -0.4 is 0 Å². The van der Waals surface area contributed by atoms with Gasteiger partial charge in [0.2, 0.25) is 0 Å². The van der Waals surface area contributed by atoms with Crippen molar-refractivity contribution in [3.05, 3.63) is 27.7 Å². The molecule has 0 heterocycles. The zero-order chi connectivity index (χ0) is 8.43. The maximum Gasteiger partial charge on any atom is 0.102 e. The number of thiol groups is 1. The van der Waals surface area contributed by atoms with Crippen molar-refractivity contribution in [2.24, 2.45) is 0 Å². The summed E-state index contributed by atoms with van der Waals surface area (Å²) in [6.45, 7) is 0. The molecule has 1 nitrogen and oxygen atoms in total. The average molecular weight is 204 g/mol. The lowest BCUT2D eigenvalue weighted by Gasteiger charge is -1.99. The summed E-state index contributed by atoms with van der Waals surface area (Å²) in [7, 11) is 0. The molecule has 1 aromatic carbocycles. The summed E-state index contributed by atoms with van der Waals surface area (Å²) < 4.78 is 0. The fourth-order valence-corrected chi connectivity index (χ4v) is 1.29. The van der Waals surface area contributed by atoms with E-state index in [9.17, 15) is 0 Å². The van der Waals surface area contributed by atoms with Crippen LogP contribution in [0.5, 0.6) is 0 Å². The number of nitriles is 1. The van der Waals surface area contributed by atoms with Crippen molar-refractivity contribution in [3.63, 3.8) is 0 Å². The molecule has 0 fully saturated rings. The zero-order valence-corrected chi connectivity index (χ0v) is 7.71. The van der Waals surface area contributed by atoms with Crippen LogP contribution in [0.3, 0.4) is 0 Å². The van der Waals surface area contributed by atoms with Crippen molar-refractivity contribution >= 4 is 35.8 Å². The van der Waals surface area contributed by atoms with Gasteiger partial charge in [0.1, 0.15) is 6.07 Å². The van der Waals surface area contributed by atoms with Crippen molar-refractivity contribution < 1.29 is 0 Å². The molecule has 0 bridgehead atoms. The Bertz CT molecular complexity index is 330. The molecule has 0 spiro atoms. The van der Waals surface area contributed by atoms with Crippen LogP contribution in [0.25, 0.3) is 0 Å². The summed E-state index contributed by atoms with van der Waals surface area (Å²) in [5.74, 6) is 0. The number of benzene rings is 1. The van der Waals surface area contributed by atoms with Crippen LogP contribution in [0.15, 0.2) is 17.0 Å². The third-order valence-electron chi connectivity index (χ3n) is 1.18. The van der Waals surface area contributed by atoms with Crippen LogP contribution in [0.1, 0.15) is 5.56 Å². The Balaban J connectivity index is 3.44. The summed E-state index contributed by atoms with van der Waals surface area (Å²) in [5.41, 5.74) is 0.279. The second-order valence-electron chi connectivity index (χ2n) is 1.87. The molecule has 11 heavy (non-hydrogen) atoms. The average Bonchev–Trinajstić information content (AvgIpc) is 1.99. The first-order chi connectivity index (χ1) is 5.16. The zero-order valence-electron chi connectivity index (χ0n) is 5.31. The number of halogens is 2. The summed E-state index contributed by atoms with van der Waals surface area (Å²) in [5, 5.41) is 9.24. The van der Waals surface area contributed by atoms with E-state index in [-0.39, 0.29) is 5.56 Å². The molecule has 4 heteroatoms. The van der Waals surface area contributed by atoms with Crippen molar-refractivity contribution in [2.75, 3.05) is 0 Å². The van der Waals surface area contributed by atoms with Crippen LogP contribution in [0.2, 0.25) is 10.0 Å². The van der Waals surface area contributed by atoms with Gasteiger partial charge in [-0.1, -0.05) is 23.2 Å². The van der Waals surface area contributed by atoms with E-state index in [4.69, 9.17) is 28.5 Å². The molecule has 0 saturated heterocycles. The van der Waals surface area contributed by atoms with Gasteiger partial charge < -0.3 is 0 Å². The molecule has 56 valence electrons. The second kappa shape index (κ2) is 3.36. The molecule has 0 N–H and O–H groups in total. The standard InChI is InChI=1S/C7H3Cl2NS/c8-5-1-2-6(11)7(9)4(5)3-10/h1-2,11H. The fourth-order valence-electron chi connectivity index (χ4n) is 0.644. The highest BCUT2D eigenvalue weighted by Gasteiger charge is 2.06. The number of rotatable bonds is 0. The third-order valence-corrected chi connectivity index (χ3v) is 2.39. The van der Waals surface area contributed by atoms with E-state index in [0.717, 1.165) is 0 Å². The van der Waals surface area contributed by atoms with Gasteiger partial charge in [-0.3, -0.25) is 0 Å². The smallest absolute Gasteiger partial charge is 0.102 e. The van der Waals surface area contributed by atoms with E-state index in [2.05, 4.69) is 12.6 Å². The Morgan fingerprint density at radius 1 is 1.36 bits per heavy atom. The monoisotopic (exact) mass is 203 g/mol. The quantitative estimate of drug-likeness (QED) is 0.644. The molecule has 0 radical (unpaired) electrons. The Hall–Kier alpha value is -0.360. The Morgan fingerprint density at radius 3 is 2.45 bits per heavy atom. The van der Waals surface area contributed by atoms with Gasteiger partial charge in [-0.25, -0.2) is 0 Å². The number of hydrogen-bond acceptors (Lipinski definition) is 2. The van der Waals surface area contributed by atoms with Gasteiger partial charge in [-0.05, 0) is 12.1 Å². The van der Waals surface area contributed by atoms with Gasteiger partial charge in [-0.2, -0.15) is 5.26 Å². The van der Waals surface area contributed by atoms with Gasteiger partial charge in [0.15, 0.2) is 0 Å². The van der Waals surface area contributed by atoms with E-state index in [0.29, 0.717) is 14.9 Å². The van der Waals surface area contributed by atoms with Gasteiger partial charge in [0.05, 0.1) is 15.6 Å². The minimum absolute atomic E-state index is 0.279. The van der Waals surface area contributed by atoms with Gasteiger partial charge in [-0.15, -0.1) is 12.6 Å². The van der Waals surface area contributed by atoms with Crippen molar-refractivity contribution in [1.82, 2.24) is 0 Å². The molecule has 0 atom stereocenters. The lowest BCUT2D eigenvalue weighted by Crippen LogP contribution is -1.80. The largest absolute Gasteiger partial charge is 0.192 e. The van der Waals surface area contributed by atoms with E-state index in [1.165, 1.54) is 0 Å². The molecule has 0 saturated carbocycles. The van der Waals surface area contributed by atoms with Crippen molar-refractivity contribution in [1.29, 1.82) is 5.26 Å². The van der Waals surface area contributed by atoms with Gasteiger partial charge >= 0.3 is 0 Å². The van der Waals surface area contributed by atoms with Gasteiger partial charge in [0.25, 0.3) is 0 Å². The molecule has 0 amide bonds. The highest BCUT2D eigenvalue weighted by molar-refractivity contribution is 7.80. The van der Waals surface area contributed by atoms with Crippen molar-refractivity contribution in [3.8, 4) is 6.07 Å². The van der Waals surface area contributed by atoms with Gasteiger partial charge in [0, 0.05) is 4.90 Å². The van der Waals surface area contributed by atoms with Crippen LogP contribution >= 0.6 is 35.8 Å². The first-order valence-electron chi connectivity index (χ1n) is 2.74. The predicted molar refractivity (Wildman–Crippen MR) is 48.4 cm³/mol. The summed E-state index contributed by atoms with van der Waals surface area (Å²) in [6, 6.07) is 5.13. The van der Waals surface area contributed by atoms with E-state index < -0.39 is 0 Å². The molecular weight excluding hydrogens is 201 g/mol. The molecule has 0 aliphatic rings.